The van der Waals surface area contributed by atoms with Gasteiger partial charge in [-0.25, -0.2) is 0 Å². The lowest BCUT2D eigenvalue weighted by Gasteiger charge is -2.29. The topological polar surface area (TPSA) is 49.5 Å². The lowest BCUT2D eigenvalue weighted by atomic mass is 9.78. The third kappa shape index (κ3) is 2.63. The third-order valence-corrected chi connectivity index (χ3v) is 4.86. The summed E-state index contributed by atoms with van der Waals surface area (Å²) in [5.41, 5.74) is 8.51. The number of nitrogens with zero attached hydrogens (tertiary/aromatic N) is 1. The highest BCUT2D eigenvalue weighted by molar-refractivity contribution is 5.35. The van der Waals surface area contributed by atoms with Crippen LogP contribution in [0.4, 0.5) is 0 Å². The van der Waals surface area contributed by atoms with Gasteiger partial charge in [-0.15, -0.1) is 0 Å². The van der Waals surface area contributed by atoms with Crippen LogP contribution in [0.25, 0.3) is 0 Å². The highest BCUT2D eigenvalue weighted by Crippen LogP contribution is 2.36. The molecule has 1 aliphatic carbocycles. The van der Waals surface area contributed by atoms with E-state index in [-0.39, 0.29) is 0 Å². The van der Waals surface area contributed by atoms with Crippen LogP contribution in [0, 0.1) is 18.8 Å². The highest BCUT2D eigenvalue weighted by atomic mass is 16.3. The molecule has 3 unspecified atom stereocenters. The number of fused-ring (bicyclic) bond motifs is 1. The minimum Gasteiger partial charge on any atom is -0.508 e. The minimum atomic E-state index is 0.384. The number of phenols is 1. The van der Waals surface area contributed by atoms with E-state index in [1.165, 1.54) is 24.8 Å². The molecule has 3 rings (SSSR count). The van der Waals surface area contributed by atoms with Gasteiger partial charge in [-0.05, 0) is 37.7 Å². The van der Waals surface area contributed by atoms with E-state index in [0.29, 0.717) is 17.7 Å². The summed E-state index contributed by atoms with van der Waals surface area (Å²) in [5, 5.41) is 9.95. The van der Waals surface area contributed by atoms with Gasteiger partial charge in [0.15, 0.2) is 0 Å². The Kier molecular flexibility index (Phi) is 3.50. The summed E-state index contributed by atoms with van der Waals surface area (Å²) in [4.78, 5) is 2.47. The maximum absolute atomic E-state index is 9.95. The summed E-state index contributed by atoms with van der Waals surface area (Å²) >= 11 is 0. The maximum atomic E-state index is 9.95. The van der Waals surface area contributed by atoms with Crippen LogP contribution in [0.5, 0.6) is 5.75 Å². The van der Waals surface area contributed by atoms with Gasteiger partial charge in [-0.3, -0.25) is 4.90 Å². The number of benzene rings is 1. The molecule has 0 amide bonds. The van der Waals surface area contributed by atoms with Crippen molar-refractivity contribution in [1.82, 2.24) is 4.90 Å². The second kappa shape index (κ2) is 5.14. The average molecular weight is 260 g/mol. The predicted molar refractivity (Wildman–Crippen MR) is 76.9 cm³/mol. The van der Waals surface area contributed by atoms with Gasteiger partial charge in [0.25, 0.3) is 0 Å². The van der Waals surface area contributed by atoms with E-state index in [0.717, 1.165) is 31.1 Å². The Hall–Kier alpha value is -1.06. The highest BCUT2D eigenvalue weighted by Gasteiger charge is 2.38. The summed E-state index contributed by atoms with van der Waals surface area (Å²) in [6.45, 7) is 5.17. The van der Waals surface area contributed by atoms with Crippen molar-refractivity contribution in [2.45, 2.75) is 38.8 Å². The zero-order valence-corrected chi connectivity index (χ0v) is 11.7. The number of aromatic hydroxyl groups is 1. The van der Waals surface area contributed by atoms with Crippen molar-refractivity contribution in [2.75, 3.05) is 13.1 Å². The monoisotopic (exact) mass is 260 g/mol. The SMILES string of the molecule is Cc1ccc(O)c(CN2CC3CCCC(N)C3C2)c1. The van der Waals surface area contributed by atoms with E-state index in [2.05, 4.69) is 17.9 Å². The minimum absolute atomic E-state index is 0.384. The van der Waals surface area contributed by atoms with E-state index in [4.69, 9.17) is 5.73 Å². The first-order valence-corrected chi connectivity index (χ1v) is 7.40. The Labute approximate surface area is 115 Å². The van der Waals surface area contributed by atoms with Gasteiger partial charge in [0.05, 0.1) is 0 Å². The maximum Gasteiger partial charge on any atom is 0.120 e. The van der Waals surface area contributed by atoms with Gasteiger partial charge in [0.2, 0.25) is 0 Å². The first-order chi connectivity index (χ1) is 9.13. The van der Waals surface area contributed by atoms with Crippen molar-refractivity contribution < 1.29 is 5.11 Å². The molecule has 2 fully saturated rings. The van der Waals surface area contributed by atoms with Crippen LogP contribution in [-0.4, -0.2) is 29.1 Å². The number of hydrogen-bond donors (Lipinski definition) is 2. The second-order valence-corrected chi connectivity index (χ2v) is 6.34. The Balaban J connectivity index is 1.70. The lowest BCUT2D eigenvalue weighted by Crippen LogP contribution is -2.38. The Morgan fingerprint density at radius 2 is 2.16 bits per heavy atom. The molecule has 2 aliphatic rings. The van der Waals surface area contributed by atoms with E-state index in [9.17, 15) is 5.11 Å². The molecule has 0 aromatic heterocycles. The summed E-state index contributed by atoms with van der Waals surface area (Å²) in [6.07, 6.45) is 3.80. The zero-order chi connectivity index (χ0) is 13.4. The van der Waals surface area contributed by atoms with Crippen LogP contribution in [0.3, 0.4) is 0 Å². The molecule has 3 atom stereocenters. The van der Waals surface area contributed by atoms with Gasteiger partial charge < -0.3 is 10.8 Å². The summed E-state index contributed by atoms with van der Waals surface area (Å²) in [6, 6.07) is 6.24. The first kappa shape index (κ1) is 12.9. The number of hydrogen-bond acceptors (Lipinski definition) is 3. The number of nitrogens with two attached hydrogens (primary N) is 1. The molecule has 3 N–H and O–H groups in total. The van der Waals surface area contributed by atoms with Crippen LogP contribution in [0.1, 0.15) is 30.4 Å². The second-order valence-electron chi connectivity index (χ2n) is 6.34. The zero-order valence-electron chi connectivity index (χ0n) is 11.7. The Morgan fingerprint density at radius 3 is 2.95 bits per heavy atom. The van der Waals surface area contributed by atoms with Gasteiger partial charge in [0.1, 0.15) is 5.75 Å². The van der Waals surface area contributed by atoms with Gasteiger partial charge >= 0.3 is 0 Å². The van der Waals surface area contributed by atoms with Crippen LogP contribution in [0.15, 0.2) is 18.2 Å². The normalized spacial score (nSPS) is 31.4. The molecular weight excluding hydrogens is 236 g/mol. The summed E-state index contributed by atoms with van der Waals surface area (Å²) in [7, 11) is 0. The quantitative estimate of drug-likeness (QED) is 0.857. The molecule has 0 bridgehead atoms. The largest absolute Gasteiger partial charge is 0.508 e. The molecular formula is C16H24N2O. The van der Waals surface area contributed by atoms with E-state index in [1.807, 2.05) is 6.07 Å². The fraction of sp³-hybridized carbons (Fsp3) is 0.625. The van der Waals surface area contributed by atoms with Crippen LogP contribution in [0.2, 0.25) is 0 Å². The molecule has 0 radical (unpaired) electrons. The van der Waals surface area contributed by atoms with Gasteiger partial charge in [0, 0.05) is 31.2 Å². The van der Waals surface area contributed by atoms with Crippen molar-refractivity contribution in [3.63, 3.8) is 0 Å². The molecule has 1 heterocycles. The van der Waals surface area contributed by atoms with Gasteiger partial charge in [-0.2, -0.15) is 0 Å². The molecule has 104 valence electrons. The Bertz CT molecular complexity index is 460. The standard InChI is InChI=1S/C16H24N2O/c1-11-5-6-16(19)13(7-11)9-18-8-12-3-2-4-15(17)14(12)10-18/h5-7,12,14-15,19H,2-4,8-10,17H2,1H3. The molecule has 1 aromatic rings. The van der Waals surface area contributed by atoms with E-state index >= 15 is 0 Å². The summed E-state index contributed by atoms with van der Waals surface area (Å²) in [5.74, 6) is 1.86. The number of rotatable bonds is 2. The van der Waals surface area contributed by atoms with Crippen LogP contribution < -0.4 is 5.73 Å². The average Bonchev–Trinajstić information content (AvgIpc) is 2.78. The molecule has 3 nitrogen and oxygen atoms in total. The number of likely N-dealkylation sites (tertiary alicyclic amines) is 1. The molecule has 1 aromatic carbocycles. The van der Waals surface area contributed by atoms with Crippen LogP contribution in [-0.2, 0) is 6.54 Å². The van der Waals surface area contributed by atoms with Crippen LogP contribution >= 0.6 is 0 Å². The van der Waals surface area contributed by atoms with Gasteiger partial charge in [-0.1, -0.05) is 24.1 Å². The number of phenolic OH excluding ortho intramolecular Hbond substituents is 1. The Morgan fingerprint density at radius 1 is 1.32 bits per heavy atom. The third-order valence-electron chi connectivity index (χ3n) is 4.86. The van der Waals surface area contributed by atoms with Crippen molar-refractivity contribution in [3.05, 3.63) is 29.3 Å². The predicted octanol–water partition coefficient (Wildman–Crippen LogP) is 2.26. The molecule has 0 spiro atoms. The fourth-order valence-corrected chi connectivity index (χ4v) is 3.82. The van der Waals surface area contributed by atoms with Crippen molar-refractivity contribution in [2.24, 2.45) is 17.6 Å². The lowest BCUT2D eigenvalue weighted by molar-refractivity contribution is 0.259. The van der Waals surface area contributed by atoms with Crippen molar-refractivity contribution in [3.8, 4) is 5.75 Å². The van der Waals surface area contributed by atoms with Crippen molar-refractivity contribution >= 4 is 0 Å². The van der Waals surface area contributed by atoms with E-state index in [1.54, 1.807) is 6.07 Å². The van der Waals surface area contributed by atoms with E-state index < -0.39 is 0 Å². The fourth-order valence-electron chi connectivity index (χ4n) is 3.82. The summed E-state index contributed by atoms with van der Waals surface area (Å²) < 4.78 is 0. The molecule has 19 heavy (non-hydrogen) atoms. The van der Waals surface area contributed by atoms with Crippen molar-refractivity contribution in [1.29, 1.82) is 0 Å². The molecule has 1 saturated carbocycles. The molecule has 3 heteroatoms. The first-order valence-electron chi connectivity index (χ1n) is 7.40. The molecule has 1 aliphatic heterocycles. The number of aryl methyl sites for hydroxylation is 1. The smallest absolute Gasteiger partial charge is 0.120 e. The molecule has 1 saturated heterocycles.